The first-order valence-electron chi connectivity index (χ1n) is 44.5. The summed E-state index contributed by atoms with van der Waals surface area (Å²) in [5.74, 6) is -0.431. The van der Waals surface area contributed by atoms with Crippen molar-refractivity contribution in [3.63, 3.8) is 0 Å². The first kappa shape index (κ1) is 103. The first-order valence-corrected chi connectivity index (χ1v) is 47.5. The summed E-state index contributed by atoms with van der Waals surface area (Å²) in [6, 6.07) is 0. The van der Waals surface area contributed by atoms with Gasteiger partial charge in [-0.1, -0.05) is 408 Å². The third-order valence-electron chi connectivity index (χ3n) is 20.6. The van der Waals surface area contributed by atoms with E-state index < -0.39 is 97.5 Å². The van der Waals surface area contributed by atoms with E-state index in [-0.39, 0.29) is 25.7 Å². The molecule has 0 aromatic carbocycles. The lowest BCUT2D eigenvalue weighted by Crippen LogP contribution is -2.30. The second-order valence-electron chi connectivity index (χ2n) is 31.6. The lowest BCUT2D eigenvalue weighted by Gasteiger charge is -2.21. The highest BCUT2D eigenvalue weighted by molar-refractivity contribution is 7.47. The molecule has 624 valence electrons. The fraction of sp³-hybridized carbons (Fsp3) is 0.953. The van der Waals surface area contributed by atoms with Crippen LogP contribution in [0.5, 0.6) is 0 Å². The second kappa shape index (κ2) is 77.4. The molecular formula is C86H168O17P2. The Bertz CT molecular complexity index is 2010. The fourth-order valence-electron chi connectivity index (χ4n) is 13.4. The number of unbranched alkanes of at least 4 members (excludes halogenated alkanes) is 54. The van der Waals surface area contributed by atoms with Gasteiger partial charge in [0, 0.05) is 25.7 Å². The monoisotopic (exact) mass is 1540 g/mol. The fourth-order valence-corrected chi connectivity index (χ4v) is 15.0. The Morgan fingerprint density at radius 2 is 0.486 bits per heavy atom. The third kappa shape index (κ3) is 78.5. The number of carbonyl (C=O) groups excluding carboxylic acids is 4. The number of hydrogen-bond acceptors (Lipinski definition) is 15. The van der Waals surface area contributed by atoms with Gasteiger partial charge in [-0.05, 0) is 37.5 Å². The Morgan fingerprint density at radius 3 is 0.724 bits per heavy atom. The number of aliphatic hydroxyl groups excluding tert-OH is 1. The average Bonchev–Trinajstić information content (AvgIpc) is 0.906. The Hall–Kier alpha value is -1.94. The maximum Gasteiger partial charge on any atom is 0.472 e. The number of phosphoric acid groups is 2. The van der Waals surface area contributed by atoms with Crippen LogP contribution in [-0.2, 0) is 65.4 Å². The van der Waals surface area contributed by atoms with E-state index in [2.05, 4.69) is 41.5 Å². The van der Waals surface area contributed by atoms with Crippen molar-refractivity contribution in [1.82, 2.24) is 0 Å². The molecule has 17 nitrogen and oxygen atoms in total. The molecule has 0 bridgehead atoms. The Labute approximate surface area is 645 Å². The second-order valence-corrected chi connectivity index (χ2v) is 34.6. The predicted molar refractivity (Wildman–Crippen MR) is 432 cm³/mol. The molecule has 0 aliphatic rings. The molecule has 19 heteroatoms. The Balaban J connectivity index is 5.22. The van der Waals surface area contributed by atoms with Crippen molar-refractivity contribution in [2.24, 2.45) is 11.8 Å². The molecule has 0 radical (unpaired) electrons. The average molecular weight is 1540 g/mol. The Morgan fingerprint density at radius 1 is 0.276 bits per heavy atom. The number of aliphatic hydroxyl groups is 1. The van der Waals surface area contributed by atoms with Gasteiger partial charge >= 0.3 is 39.5 Å². The molecule has 3 unspecified atom stereocenters. The van der Waals surface area contributed by atoms with Gasteiger partial charge in [-0.3, -0.25) is 37.3 Å². The molecule has 0 fully saturated rings. The van der Waals surface area contributed by atoms with Crippen LogP contribution in [-0.4, -0.2) is 96.7 Å². The highest BCUT2D eigenvalue weighted by Gasteiger charge is 2.30. The quantitative estimate of drug-likeness (QED) is 0.0222. The maximum absolute atomic E-state index is 13.1. The van der Waals surface area contributed by atoms with Crippen molar-refractivity contribution >= 4 is 39.5 Å². The largest absolute Gasteiger partial charge is 0.472 e. The molecule has 0 saturated heterocycles. The van der Waals surface area contributed by atoms with Gasteiger partial charge in [0.2, 0.25) is 0 Å². The van der Waals surface area contributed by atoms with Crippen molar-refractivity contribution in [3.05, 3.63) is 0 Å². The number of rotatable bonds is 85. The predicted octanol–water partition coefficient (Wildman–Crippen LogP) is 26.2. The van der Waals surface area contributed by atoms with Crippen LogP contribution >= 0.6 is 15.6 Å². The smallest absolute Gasteiger partial charge is 0.462 e. The summed E-state index contributed by atoms with van der Waals surface area (Å²) in [6.45, 7) is 9.76. The van der Waals surface area contributed by atoms with Gasteiger partial charge in [-0.25, -0.2) is 9.13 Å². The summed E-state index contributed by atoms with van der Waals surface area (Å²) < 4.78 is 68.9. The number of carbonyl (C=O) groups is 4. The van der Waals surface area contributed by atoms with Crippen molar-refractivity contribution in [1.29, 1.82) is 0 Å². The van der Waals surface area contributed by atoms with Gasteiger partial charge in [0.25, 0.3) is 0 Å². The van der Waals surface area contributed by atoms with Crippen LogP contribution < -0.4 is 0 Å². The van der Waals surface area contributed by atoms with Crippen molar-refractivity contribution in [2.45, 2.75) is 477 Å². The van der Waals surface area contributed by atoms with E-state index >= 15 is 0 Å². The maximum atomic E-state index is 13.1. The lowest BCUT2D eigenvalue weighted by atomic mass is 9.99. The molecule has 0 aliphatic carbocycles. The van der Waals surface area contributed by atoms with Gasteiger partial charge in [0.1, 0.15) is 19.3 Å². The summed E-state index contributed by atoms with van der Waals surface area (Å²) >= 11 is 0. The van der Waals surface area contributed by atoms with Crippen LogP contribution in [0.4, 0.5) is 0 Å². The zero-order chi connectivity index (χ0) is 77.1. The minimum absolute atomic E-state index is 0.109. The van der Waals surface area contributed by atoms with E-state index in [9.17, 15) is 43.2 Å². The Kier molecular flexibility index (Phi) is 76.0. The molecule has 0 aromatic heterocycles. The highest BCUT2D eigenvalue weighted by atomic mass is 31.2. The molecule has 0 rings (SSSR count). The van der Waals surface area contributed by atoms with Gasteiger partial charge < -0.3 is 33.8 Å². The zero-order valence-corrected chi connectivity index (χ0v) is 70.8. The summed E-state index contributed by atoms with van der Waals surface area (Å²) in [5, 5.41) is 10.7. The molecule has 0 saturated carbocycles. The van der Waals surface area contributed by atoms with E-state index in [0.717, 1.165) is 102 Å². The van der Waals surface area contributed by atoms with Crippen LogP contribution in [0.2, 0.25) is 0 Å². The number of phosphoric ester groups is 2. The SMILES string of the molecule is CCCCCCCCCCCCCCCCCCC(=O)O[C@H](COC(=O)CCCCCCCCCCCC)COP(=O)(O)OC[C@H](O)COP(=O)(O)OC[C@@H](COC(=O)CCCCCCCCCCCCCCCCC(C)C)OC(=O)CCCCCCCCCCCCCCCCCCCCC(C)CC. The van der Waals surface area contributed by atoms with Crippen LogP contribution in [0, 0.1) is 11.8 Å². The van der Waals surface area contributed by atoms with E-state index in [1.54, 1.807) is 0 Å². The third-order valence-corrected chi connectivity index (χ3v) is 22.5. The number of esters is 4. The summed E-state index contributed by atoms with van der Waals surface area (Å²) in [6.07, 6.45) is 69.3. The molecule has 0 aromatic rings. The van der Waals surface area contributed by atoms with Crippen molar-refractivity contribution in [2.75, 3.05) is 39.6 Å². The van der Waals surface area contributed by atoms with Crippen LogP contribution in [0.3, 0.4) is 0 Å². The van der Waals surface area contributed by atoms with E-state index in [1.807, 2.05) is 0 Å². The first-order chi connectivity index (χ1) is 50.9. The molecule has 0 heterocycles. The zero-order valence-electron chi connectivity index (χ0n) is 69.0. The van der Waals surface area contributed by atoms with Gasteiger partial charge in [0.15, 0.2) is 12.2 Å². The highest BCUT2D eigenvalue weighted by Crippen LogP contribution is 2.45. The molecular weight excluding hydrogens is 1370 g/mol. The summed E-state index contributed by atoms with van der Waals surface area (Å²) in [7, 11) is -9.93. The van der Waals surface area contributed by atoms with Crippen LogP contribution in [0.15, 0.2) is 0 Å². The van der Waals surface area contributed by atoms with Crippen molar-refractivity contribution in [3.8, 4) is 0 Å². The molecule has 6 atom stereocenters. The number of hydrogen-bond donors (Lipinski definition) is 3. The molecule has 0 spiro atoms. The normalized spacial score (nSPS) is 14.1. The van der Waals surface area contributed by atoms with E-state index in [4.69, 9.17) is 37.0 Å². The molecule has 0 amide bonds. The van der Waals surface area contributed by atoms with E-state index in [1.165, 1.54) is 276 Å². The minimum atomic E-state index is -4.97. The van der Waals surface area contributed by atoms with Crippen LogP contribution in [0.25, 0.3) is 0 Å². The summed E-state index contributed by atoms with van der Waals surface area (Å²) in [4.78, 5) is 73.2. The summed E-state index contributed by atoms with van der Waals surface area (Å²) in [5.41, 5.74) is 0. The van der Waals surface area contributed by atoms with E-state index in [0.29, 0.717) is 25.7 Å². The van der Waals surface area contributed by atoms with Gasteiger partial charge in [-0.15, -0.1) is 0 Å². The number of ether oxygens (including phenoxy) is 4. The molecule has 0 aliphatic heterocycles. The lowest BCUT2D eigenvalue weighted by molar-refractivity contribution is -0.161. The minimum Gasteiger partial charge on any atom is -0.462 e. The molecule has 105 heavy (non-hydrogen) atoms. The topological polar surface area (TPSA) is 237 Å². The van der Waals surface area contributed by atoms with Gasteiger partial charge in [-0.2, -0.15) is 0 Å². The van der Waals surface area contributed by atoms with Gasteiger partial charge in [0.05, 0.1) is 26.4 Å². The van der Waals surface area contributed by atoms with Crippen molar-refractivity contribution < 1.29 is 80.2 Å². The van der Waals surface area contributed by atoms with Crippen LogP contribution in [0.1, 0.15) is 459 Å². The standard InChI is InChI=1S/C86H168O17P2/c1-7-10-12-14-16-18-20-21-22-28-35-40-46-52-58-64-70-85(90)102-81(74-96-83(88)68-62-56-50-44-19-17-15-13-11-8-2)76-100-104(92,93)98-72-80(87)73-99-105(94,95)101-77-82(75-97-84(89)69-63-57-51-45-39-34-31-30-32-37-42-48-54-60-66-78(4)5)103-86(91)71-65-59-53-47-41-36-29-26-24-23-25-27-33-38-43-49-55-61-67-79(6)9-3/h78-82,87H,7-77H2,1-6H3,(H,92,93)(H,94,95)/t79?,80-,81+,82+/m0/s1. The molecule has 3 N–H and O–H groups in total.